The monoisotopic (exact) mass is 238 g/mol. The van der Waals surface area contributed by atoms with Crippen LogP contribution in [0.5, 0.6) is 0 Å². The first-order chi connectivity index (χ1) is 8.19. The summed E-state index contributed by atoms with van der Waals surface area (Å²) in [5.41, 5.74) is 7.53. The molecule has 1 saturated heterocycles. The molecule has 0 aromatic heterocycles. The Bertz CT molecular complexity index is 384. The second-order valence-electron chi connectivity index (χ2n) is 4.65. The molecule has 17 heavy (non-hydrogen) atoms. The van der Waals surface area contributed by atoms with Crippen molar-refractivity contribution in [3.8, 4) is 0 Å². The molecule has 0 aliphatic carbocycles. The smallest absolute Gasteiger partial charge is 0.123 e. The number of nitrogens with zero attached hydrogens (tertiary/aromatic N) is 1. The Labute approximate surface area is 101 Å². The maximum absolute atomic E-state index is 13.1. The maximum atomic E-state index is 13.1. The summed E-state index contributed by atoms with van der Waals surface area (Å²) in [4.78, 5) is 2.20. The van der Waals surface area contributed by atoms with E-state index >= 15 is 0 Å². The van der Waals surface area contributed by atoms with Crippen LogP contribution in [0, 0.1) is 5.82 Å². The molecule has 0 spiro atoms. The first-order valence-corrected chi connectivity index (χ1v) is 6.07. The molecular formula is C13H19FN2O. The summed E-state index contributed by atoms with van der Waals surface area (Å²) in [5, 5.41) is 9.60. The average Bonchev–Trinajstić information content (AvgIpc) is 2.31. The molecule has 1 fully saturated rings. The van der Waals surface area contributed by atoms with Gasteiger partial charge >= 0.3 is 0 Å². The van der Waals surface area contributed by atoms with Crippen LogP contribution >= 0.6 is 0 Å². The molecule has 3 N–H and O–H groups in total. The molecule has 1 aliphatic rings. The van der Waals surface area contributed by atoms with Crippen molar-refractivity contribution >= 4 is 0 Å². The molecule has 4 heteroatoms. The second kappa shape index (κ2) is 5.58. The molecule has 1 atom stereocenters. The van der Waals surface area contributed by atoms with Gasteiger partial charge in [0, 0.05) is 19.6 Å². The lowest BCUT2D eigenvalue weighted by atomic mass is 10.0. The molecule has 3 nitrogen and oxygen atoms in total. The SMILES string of the molecule is NCc1cc(F)ccc1CN1CCCC(O)C1. The third kappa shape index (κ3) is 3.25. The van der Waals surface area contributed by atoms with E-state index in [4.69, 9.17) is 5.73 Å². The summed E-state index contributed by atoms with van der Waals surface area (Å²) in [7, 11) is 0. The van der Waals surface area contributed by atoms with Crippen LogP contribution in [-0.4, -0.2) is 29.2 Å². The first kappa shape index (κ1) is 12.5. The van der Waals surface area contributed by atoms with Crippen molar-refractivity contribution in [2.24, 2.45) is 5.73 Å². The van der Waals surface area contributed by atoms with Crippen molar-refractivity contribution in [3.63, 3.8) is 0 Å². The molecule has 1 heterocycles. The Hall–Kier alpha value is -0.970. The molecular weight excluding hydrogens is 219 g/mol. The van der Waals surface area contributed by atoms with E-state index in [-0.39, 0.29) is 11.9 Å². The predicted octanol–water partition coefficient (Wildman–Crippen LogP) is 1.24. The number of hydrogen-bond acceptors (Lipinski definition) is 3. The lowest BCUT2D eigenvalue weighted by molar-refractivity contribution is 0.0667. The van der Waals surface area contributed by atoms with E-state index in [1.54, 1.807) is 6.07 Å². The number of benzene rings is 1. The minimum atomic E-state index is -0.243. The van der Waals surface area contributed by atoms with Gasteiger partial charge in [-0.05, 0) is 42.6 Å². The normalized spacial score (nSPS) is 21.7. The van der Waals surface area contributed by atoms with Crippen molar-refractivity contribution in [1.82, 2.24) is 4.90 Å². The number of aliphatic hydroxyl groups excluding tert-OH is 1. The highest BCUT2D eigenvalue weighted by molar-refractivity contribution is 5.27. The van der Waals surface area contributed by atoms with Crippen LogP contribution in [0.4, 0.5) is 4.39 Å². The predicted molar refractivity (Wildman–Crippen MR) is 64.8 cm³/mol. The number of piperidine rings is 1. The summed E-state index contributed by atoms with van der Waals surface area (Å²) in [6, 6.07) is 4.75. The van der Waals surface area contributed by atoms with Crippen molar-refractivity contribution in [3.05, 3.63) is 35.1 Å². The highest BCUT2D eigenvalue weighted by atomic mass is 19.1. The van der Waals surface area contributed by atoms with Gasteiger partial charge < -0.3 is 10.8 Å². The third-order valence-electron chi connectivity index (χ3n) is 3.26. The minimum absolute atomic E-state index is 0.231. The van der Waals surface area contributed by atoms with Crippen LogP contribution < -0.4 is 5.73 Å². The minimum Gasteiger partial charge on any atom is -0.392 e. The van der Waals surface area contributed by atoms with Gasteiger partial charge in [-0.2, -0.15) is 0 Å². The molecule has 0 bridgehead atoms. The van der Waals surface area contributed by atoms with Gasteiger partial charge in [0.15, 0.2) is 0 Å². The van der Waals surface area contributed by atoms with Gasteiger partial charge in [0.1, 0.15) is 5.82 Å². The van der Waals surface area contributed by atoms with Crippen LogP contribution in [0.1, 0.15) is 24.0 Å². The van der Waals surface area contributed by atoms with Gasteiger partial charge in [-0.15, -0.1) is 0 Å². The molecule has 1 aliphatic heterocycles. The van der Waals surface area contributed by atoms with Crippen molar-refractivity contribution in [1.29, 1.82) is 0 Å². The van der Waals surface area contributed by atoms with E-state index < -0.39 is 0 Å². The van der Waals surface area contributed by atoms with Gasteiger partial charge in [-0.1, -0.05) is 6.07 Å². The van der Waals surface area contributed by atoms with Crippen molar-refractivity contribution in [2.75, 3.05) is 13.1 Å². The summed E-state index contributed by atoms with van der Waals surface area (Å²) in [6.45, 7) is 2.77. The fourth-order valence-corrected chi connectivity index (χ4v) is 2.35. The van der Waals surface area contributed by atoms with Gasteiger partial charge in [-0.25, -0.2) is 4.39 Å². The molecule has 0 radical (unpaired) electrons. The summed E-state index contributed by atoms with van der Waals surface area (Å²) in [6.07, 6.45) is 1.66. The first-order valence-electron chi connectivity index (χ1n) is 6.07. The Morgan fingerprint density at radius 2 is 2.24 bits per heavy atom. The number of hydrogen-bond donors (Lipinski definition) is 2. The standard InChI is InChI=1S/C13H19FN2O/c14-12-4-3-10(11(6-12)7-15)8-16-5-1-2-13(17)9-16/h3-4,6,13,17H,1-2,5,7-9,15H2. The fraction of sp³-hybridized carbons (Fsp3) is 0.538. The fourth-order valence-electron chi connectivity index (χ4n) is 2.35. The van der Waals surface area contributed by atoms with Gasteiger partial charge in [0.05, 0.1) is 6.10 Å². The van der Waals surface area contributed by atoms with E-state index in [1.807, 2.05) is 0 Å². The van der Waals surface area contributed by atoms with Crippen LogP contribution in [0.2, 0.25) is 0 Å². The summed E-state index contributed by atoms with van der Waals surface area (Å²) >= 11 is 0. The maximum Gasteiger partial charge on any atom is 0.123 e. The molecule has 1 unspecified atom stereocenters. The van der Waals surface area contributed by atoms with E-state index in [2.05, 4.69) is 4.90 Å². The average molecular weight is 238 g/mol. The Morgan fingerprint density at radius 3 is 2.94 bits per heavy atom. The van der Waals surface area contributed by atoms with Crippen LogP contribution in [0.15, 0.2) is 18.2 Å². The number of rotatable bonds is 3. The van der Waals surface area contributed by atoms with Crippen LogP contribution in [0.25, 0.3) is 0 Å². The van der Waals surface area contributed by atoms with Crippen LogP contribution in [0.3, 0.4) is 0 Å². The highest BCUT2D eigenvalue weighted by Crippen LogP contribution is 2.17. The van der Waals surface area contributed by atoms with Gasteiger partial charge in [0.2, 0.25) is 0 Å². The highest BCUT2D eigenvalue weighted by Gasteiger charge is 2.18. The van der Waals surface area contributed by atoms with E-state index in [1.165, 1.54) is 12.1 Å². The molecule has 0 amide bonds. The topological polar surface area (TPSA) is 49.5 Å². The molecule has 1 aromatic rings. The largest absolute Gasteiger partial charge is 0.392 e. The Morgan fingerprint density at radius 1 is 1.41 bits per heavy atom. The van der Waals surface area contributed by atoms with E-state index in [0.717, 1.165) is 37.1 Å². The zero-order valence-corrected chi connectivity index (χ0v) is 9.90. The van der Waals surface area contributed by atoms with Gasteiger partial charge in [0.25, 0.3) is 0 Å². The summed E-state index contributed by atoms with van der Waals surface area (Å²) in [5.74, 6) is -0.243. The molecule has 94 valence electrons. The van der Waals surface area contributed by atoms with Crippen molar-refractivity contribution < 1.29 is 9.50 Å². The zero-order chi connectivity index (χ0) is 12.3. The summed E-state index contributed by atoms with van der Waals surface area (Å²) < 4.78 is 13.1. The van der Waals surface area contributed by atoms with Crippen LogP contribution in [-0.2, 0) is 13.1 Å². The quantitative estimate of drug-likeness (QED) is 0.833. The van der Waals surface area contributed by atoms with E-state index in [0.29, 0.717) is 13.1 Å². The Kier molecular flexibility index (Phi) is 4.10. The molecule has 0 saturated carbocycles. The number of likely N-dealkylation sites (tertiary alicyclic amines) is 1. The van der Waals surface area contributed by atoms with Crippen molar-refractivity contribution in [2.45, 2.75) is 32.0 Å². The van der Waals surface area contributed by atoms with Gasteiger partial charge in [-0.3, -0.25) is 4.90 Å². The molecule has 2 rings (SSSR count). The second-order valence-corrected chi connectivity index (χ2v) is 4.65. The zero-order valence-electron chi connectivity index (χ0n) is 9.90. The third-order valence-corrected chi connectivity index (χ3v) is 3.26. The lowest BCUT2D eigenvalue weighted by Gasteiger charge is -2.30. The Balaban J connectivity index is 2.07. The number of β-amino-alcohol motifs (C(OH)–C–C–N with tert-alkyl or cyclic N) is 1. The molecule has 1 aromatic carbocycles. The number of aliphatic hydroxyl groups is 1. The number of halogens is 1. The number of nitrogens with two attached hydrogens (primary N) is 1. The van der Waals surface area contributed by atoms with E-state index in [9.17, 15) is 9.50 Å². The lowest BCUT2D eigenvalue weighted by Crippen LogP contribution is -2.37.